The van der Waals surface area contributed by atoms with Crippen LogP contribution in [0.3, 0.4) is 0 Å². The molecule has 2 amide bonds. The first-order valence-corrected chi connectivity index (χ1v) is 8.61. The standard InChI is InChI=1S/C20H19FN2O4/c1-2-27-20(26)14-5-9-16(10-6-14)23-18(24)11-17(19(23)25)22-12-13-3-7-15(21)8-4-13/h3-10,17,22H,2,11-12H2,1H3/t17-/m1/s1. The van der Waals surface area contributed by atoms with E-state index in [1.54, 1.807) is 31.2 Å². The highest BCUT2D eigenvalue weighted by atomic mass is 19.1. The molecule has 140 valence electrons. The van der Waals surface area contributed by atoms with Crippen molar-refractivity contribution in [2.45, 2.75) is 25.9 Å². The number of amides is 2. The van der Waals surface area contributed by atoms with Crippen molar-refractivity contribution < 1.29 is 23.5 Å². The monoisotopic (exact) mass is 370 g/mol. The van der Waals surface area contributed by atoms with Gasteiger partial charge in [-0.3, -0.25) is 9.59 Å². The molecule has 0 unspecified atom stereocenters. The quantitative estimate of drug-likeness (QED) is 0.624. The van der Waals surface area contributed by atoms with E-state index in [1.165, 1.54) is 24.3 Å². The van der Waals surface area contributed by atoms with Gasteiger partial charge in [-0.15, -0.1) is 0 Å². The van der Waals surface area contributed by atoms with Crippen molar-refractivity contribution >= 4 is 23.5 Å². The van der Waals surface area contributed by atoms with E-state index in [9.17, 15) is 18.8 Å². The van der Waals surface area contributed by atoms with Crippen molar-refractivity contribution in [3.8, 4) is 0 Å². The Morgan fingerprint density at radius 2 is 1.81 bits per heavy atom. The lowest BCUT2D eigenvalue weighted by Gasteiger charge is -2.16. The fourth-order valence-corrected chi connectivity index (χ4v) is 2.87. The first-order valence-electron chi connectivity index (χ1n) is 8.61. The van der Waals surface area contributed by atoms with Crippen LogP contribution in [-0.2, 0) is 20.9 Å². The Morgan fingerprint density at radius 3 is 2.44 bits per heavy atom. The summed E-state index contributed by atoms with van der Waals surface area (Å²) in [6.45, 7) is 2.33. The summed E-state index contributed by atoms with van der Waals surface area (Å²) in [7, 11) is 0. The van der Waals surface area contributed by atoms with Crippen LogP contribution in [0.1, 0.15) is 29.3 Å². The molecule has 0 bridgehead atoms. The number of hydrogen-bond acceptors (Lipinski definition) is 5. The highest BCUT2D eigenvalue weighted by molar-refractivity contribution is 6.22. The Morgan fingerprint density at radius 1 is 1.15 bits per heavy atom. The highest BCUT2D eigenvalue weighted by Gasteiger charge is 2.39. The molecule has 0 aliphatic carbocycles. The Hall–Kier alpha value is -3.06. The maximum absolute atomic E-state index is 12.9. The third kappa shape index (κ3) is 4.20. The summed E-state index contributed by atoms with van der Waals surface area (Å²) >= 11 is 0. The molecule has 0 spiro atoms. The molecule has 2 aromatic rings. The van der Waals surface area contributed by atoms with Gasteiger partial charge < -0.3 is 10.1 Å². The van der Waals surface area contributed by atoms with E-state index in [4.69, 9.17) is 4.74 Å². The summed E-state index contributed by atoms with van der Waals surface area (Å²) in [4.78, 5) is 37.7. The number of imide groups is 1. The van der Waals surface area contributed by atoms with Gasteiger partial charge in [0.2, 0.25) is 5.91 Å². The molecule has 0 saturated carbocycles. The summed E-state index contributed by atoms with van der Waals surface area (Å²) in [6.07, 6.45) is 0.0413. The van der Waals surface area contributed by atoms with Gasteiger partial charge in [0.15, 0.2) is 0 Å². The van der Waals surface area contributed by atoms with Crippen LogP contribution in [0.2, 0.25) is 0 Å². The zero-order valence-corrected chi connectivity index (χ0v) is 14.8. The van der Waals surface area contributed by atoms with Gasteiger partial charge in [-0.2, -0.15) is 0 Å². The summed E-state index contributed by atoms with van der Waals surface area (Å²) in [6, 6.07) is 11.4. The Balaban J connectivity index is 1.66. The zero-order chi connectivity index (χ0) is 19.4. The number of hydrogen-bond donors (Lipinski definition) is 1. The average Bonchev–Trinajstić information content (AvgIpc) is 2.95. The van der Waals surface area contributed by atoms with Crippen LogP contribution in [-0.4, -0.2) is 30.4 Å². The fourth-order valence-electron chi connectivity index (χ4n) is 2.87. The lowest BCUT2D eigenvalue weighted by molar-refractivity contribution is -0.121. The van der Waals surface area contributed by atoms with E-state index in [1.807, 2.05) is 0 Å². The number of benzene rings is 2. The minimum Gasteiger partial charge on any atom is -0.462 e. The molecule has 6 nitrogen and oxygen atoms in total. The van der Waals surface area contributed by atoms with E-state index in [0.29, 0.717) is 17.8 Å². The molecule has 2 aromatic carbocycles. The van der Waals surface area contributed by atoms with Crippen LogP contribution in [0, 0.1) is 5.82 Å². The maximum atomic E-state index is 12.9. The number of rotatable bonds is 6. The smallest absolute Gasteiger partial charge is 0.338 e. The van der Waals surface area contributed by atoms with Gasteiger partial charge >= 0.3 is 5.97 Å². The van der Waals surface area contributed by atoms with E-state index < -0.39 is 12.0 Å². The Kier molecular flexibility index (Phi) is 5.61. The van der Waals surface area contributed by atoms with E-state index in [0.717, 1.165) is 10.5 Å². The van der Waals surface area contributed by atoms with Crippen molar-refractivity contribution in [3.05, 3.63) is 65.5 Å². The topological polar surface area (TPSA) is 75.7 Å². The van der Waals surface area contributed by atoms with Crippen molar-refractivity contribution in [1.82, 2.24) is 5.32 Å². The highest BCUT2D eigenvalue weighted by Crippen LogP contribution is 2.23. The summed E-state index contributed by atoms with van der Waals surface area (Å²) < 4.78 is 17.9. The largest absolute Gasteiger partial charge is 0.462 e. The van der Waals surface area contributed by atoms with Crippen molar-refractivity contribution in [2.24, 2.45) is 0 Å². The molecule has 1 aliphatic heterocycles. The summed E-state index contributed by atoms with van der Waals surface area (Å²) in [5.41, 5.74) is 1.57. The molecule has 7 heteroatoms. The van der Waals surface area contributed by atoms with E-state index in [-0.39, 0.29) is 30.7 Å². The normalized spacial score (nSPS) is 16.7. The molecule has 0 aromatic heterocycles. The van der Waals surface area contributed by atoms with Crippen LogP contribution < -0.4 is 10.2 Å². The van der Waals surface area contributed by atoms with Gasteiger partial charge in [0.1, 0.15) is 5.82 Å². The first kappa shape index (κ1) is 18.7. The van der Waals surface area contributed by atoms with Crippen molar-refractivity contribution in [3.63, 3.8) is 0 Å². The molecule has 1 aliphatic rings. The molecule has 1 N–H and O–H groups in total. The van der Waals surface area contributed by atoms with Gasteiger partial charge in [0.05, 0.1) is 30.3 Å². The van der Waals surface area contributed by atoms with E-state index >= 15 is 0 Å². The van der Waals surface area contributed by atoms with Crippen LogP contribution in [0.25, 0.3) is 0 Å². The van der Waals surface area contributed by atoms with Crippen molar-refractivity contribution in [2.75, 3.05) is 11.5 Å². The lowest BCUT2D eigenvalue weighted by atomic mass is 10.2. The first-order chi connectivity index (χ1) is 13.0. The Labute approximate surface area is 155 Å². The second-order valence-corrected chi connectivity index (χ2v) is 6.10. The zero-order valence-electron chi connectivity index (χ0n) is 14.8. The molecular weight excluding hydrogens is 351 g/mol. The SMILES string of the molecule is CCOC(=O)c1ccc(N2C(=O)C[C@@H](NCc3ccc(F)cc3)C2=O)cc1. The minimum atomic E-state index is -0.646. The molecule has 3 rings (SSSR count). The number of ether oxygens (including phenoxy) is 1. The van der Waals surface area contributed by atoms with Crippen molar-refractivity contribution in [1.29, 1.82) is 0 Å². The number of halogens is 1. The number of nitrogens with zero attached hydrogens (tertiary/aromatic N) is 1. The van der Waals surface area contributed by atoms with Crippen LogP contribution in [0.5, 0.6) is 0 Å². The van der Waals surface area contributed by atoms with Crippen LogP contribution in [0.4, 0.5) is 10.1 Å². The molecule has 1 atom stereocenters. The number of carbonyl (C=O) groups excluding carboxylic acids is 3. The number of anilines is 1. The van der Waals surface area contributed by atoms with Gasteiger partial charge in [0, 0.05) is 6.54 Å². The predicted octanol–water partition coefficient (Wildman–Crippen LogP) is 2.42. The predicted molar refractivity (Wildman–Crippen MR) is 96.5 cm³/mol. The van der Waals surface area contributed by atoms with Gasteiger partial charge in [0.25, 0.3) is 5.91 Å². The molecule has 1 heterocycles. The summed E-state index contributed by atoms with van der Waals surface area (Å²) in [5, 5.41) is 3.04. The maximum Gasteiger partial charge on any atom is 0.338 e. The average molecular weight is 370 g/mol. The minimum absolute atomic E-state index is 0.0413. The Bertz CT molecular complexity index is 849. The molecule has 1 fully saturated rings. The third-order valence-corrected chi connectivity index (χ3v) is 4.25. The van der Waals surface area contributed by atoms with Gasteiger partial charge in [-0.05, 0) is 48.9 Å². The van der Waals surface area contributed by atoms with Gasteiger partial charge in [-0.1, -0.05) is 12.1 Å². The number of nitrogens with one attached hydrogen (secondary N) is 1. The second-order valence-electron chi connectivity index (χ2n) is 6.10. The van der Waals surface area contributed by atoms with Crippen LogP contribution in [0.15, 0.2) is 48.5 Å². The molecule has 1 saturated heterocycles. The molecule has 27 heavy (non-hydrogen) atoms. The van der Waals surface area contributed by atoms with Crippen LogP contribution >= 0.6 is 0 Å². The lowest BCUT2D eigenvalue weighted by Crippen LogP contribution is -2.38. The second kappa shape index (κ2) is 8.09. The van der Waals surface area contributed by atoms with Gasteiger partial charge in [-0.25, -0.2) is 14.1 Å². The number of carbonyl (C=O) groups is 3. The molecule has 0 radical (unpaired) electrons. The molecular formula is C20H19FN2O4. The van der Waals surface area contributed by atoms with E-state index in [2.05, 4.69) is 5.32 Å². The third-order valence-electron chi connectivity index (χ3n) is 4.25. The summed E-state index contributed by atoms with van der Waals surface area (Å²) in [5.74, 6) is -1.46. The fraction of sp³-hybridized carbons (Fsp3) is 0.250. The number of esters is 1.